The molecule has 2 rings (SSSR count). The molecule has 2 N–H and O–H groups in total. The Bertz CT molecular complexity index is 430. The molecule has 2 atom stereocenters. The third kappa shape index (κ3) is 3.07. The molecule has 1 fully saturated rings. The molecule has 0 aliphatic carbocycles. The van der Waals surface area contributed by atoms with Crippen molar-refractivity contribution in [1.82, 2.24) is 10.2 Å². The SMILES string of the molecule is CCC1CN(C(=O)c2ccc(O)cc2)C(CC)CN1. The summed E-state index contributed by atoms with van der Waals surface area (Å²) in [5.41, 5.74) is 0.646. The second kappa shape index (κ2) is 6.06. The molecule has 0 saturated carbocycles. The zero-order chi connectivity index (χ0) is 13.8. The van der Waals surface area contributed by atoms with E-state index >= 15 is 0 Å². The molecule has 4 nitrogen and oxygen atoms in total. The number of hydrogen-bond donors (Lipinski definition) is 2. The highest BCUT2D eigenvalue weighted by molar-refractivity contribution is 5.94. The minimum absolute atomic E-state index is 0.0619. The number of carbonyl (C=O) groups excluding carboxylic acids is 1. The smallest absolute Gasteiger partial charge is 0.254 e. The van der Waals surface area contributed by atoms with E-state index in [1.807, 2.05) is 4.90 Å². The Labute approximate surface area is 114 Å². The van der Waals surface area contributed by atoms with Gasteiger partial charge in [-0.2, -0.15) is 0 Å². The Morgan fingerprint density at radius 2 is 2.00 bits per heavy atom. The van der Waals surface area contributed by atoms with Crippen LogP contribution in [0.5, 0.6) is 5.75 Å². The van der Waals surface area contributed by atoms with Crippen LogP contribution in [0.4, 0.5) is 0 Å². The van der Waals surface area contributed by atoms with Gasteiger partial charge in [0.1, 0.15) is 5.75 Å². The molecule has 1 aliphatic rings. The molecule has 1 aromatic rings. The lowest BCUT2D eigenvalue weighted by atomic mass is 10.0. The molecule has 1 aromatic carbocycles. The summed E-state index contributed by atoms with van der Waals surface area (Å²) in [7, 11) is 0. The zero-order valence-corrected chi connectivity index (χ0v) is 11.6. The Morgan fingerprint density at radius 1 is 1.32 bits per heavy atom. The maximum atomic E-state index is 12.6. The molecule has 2 unspecified atom stereocenters. The molecular weight excluding hydrogens is 240 g/mol. The lowest BCUT2D eigenvalue weighted by Gasteiger charge is -2.40. The number of hydrogen-bond acceptors (Lipinski definition) is 3. The zero-order valence-electron chi connectivity index (χ0n) is 11.6. The molecule has 0 aromatic heterocycles. The molecule has 0 spiro atoms. The summed E-state index contributed by atoms with van der Waals surface area (Å²) >= 11 is 0. The first-order chi connectivity index (χ1) is 9.15. The fourth-order valence-corrected chi connectivity index (χ4v) is 2.52. The average molecular weight is 262 g/mol. The quantitative estimate of drug-likeness (QED) is 0.876. The highest BCUT2D eigenvalue weighted by atomic mass is 16.3. The van der Waals surface area contributed by atoms with Crippen LogP contribution in [0, 0.1) is 0 Å². The van der Waals surface area contributed by atoms with Crippen molar-refractivity contribution in [3.8, 4) is 5.75 Å². The van der Waals surface area contributed by atoms with Crippen LogP contribution in [0.2, 0.25) is 0 Å². The van der Waals surface area contributed by atoms with E-state index in [1.54, 1.807) is 24.3 Å². The number of rotatable bonds is 3. The number of nitrogens with zero attached hydrogens (tertiary/aromatic N) is 1. The van der Waals surface area contributed by atoms with Crippen molar-refractivity contribution >= 4 is 5.91 Å². The van der Waals surface area contributed by atoms with Gasteiger partial charge < -0.3 is 15.3 Å². The van der Waals surface area contributed by atoms with Gasteiger partial charge in [-0.1, -0.05) is 13.8 Å². The number of phenols is 1. The summed E-state index contributed by atoms with van der Waals surface area (Å²) in [5.74, 6) is 0.252. The van der Waals surface area contributed by atoms with Gasteiger partial charge in [0.15, 0.2) is 0 Å². The van der Waals surface area contributed by atoms with E-state index in [0.29, 0.717) is 11.6 Å². The standard InChI is InChI=1S/C15H22N2O2/c1-3-12-10-17(13(4-2)9-16-12)15(19)11-5-7-14(18)8-6-11/h5-8,12-13,16,18H,3-4,9-10H2,1-2H3. The molecule has 0 bridgehead atoms. The van der Waals surface area contributed by atoms with Gasteiger partial charge in [0.05, 0.1) is 0 Å². The van der Waals surface area contributed by atoms with Crippen LogP contribution in [0.1, 0.15) is 37.0 Å². The molecule has 1 aliphatic heterocycles. The van der Waals surface area contributed by atoms with Gasteiger partial charge in [0.25, 0.3) is 5.91 Å². The number of phenolic OH excluding ortho intramolecular Hbond substituents is 1. The van der Waals surface area contributed by atoms with Crippen molar-refractivity contribution in [2.24, 2.45) is 0 Å². The first-order valence-corrected chi connectivity index (χ1v) is 6.99. The predicted molar refractivity (Wildman–Crippen MR) is 75.3 cm³/mol. The summed E-state index contributed by atoms with van der Waals surface area (Å²) < 4.78 is 0. The van der Waals surface area contributed by atoms with E-state index in [4.69, 9.17) is 0 Å². The largest absolute Gasteiger partial charge is 0.508 e. The van der Waals surface area contributed by atoms with Crippen LogP contribution in [0.15, 0.2) is 24.3 Å². The highest BCUT2D eigenvalue weighted by Crippen LogP contribution is 2.17. The lowest BCUT2D eigenvalue weighted by molar-refractivity contribution is 0.0576. The van der Waals surface area contributed by atoms with Crippen LogP contribution in [0.25, 0.3) is 0 Å². The molecule has 0 radical (unpaired) electrons. The van der Waals surface area contributed by atoms with E-state index in [0.717, 1.165) is 25.9 Å². The summed E-state index contributed by atoms with van der Waals surface area (Å²) in [6.07, 6.45) is 1.98. The van der Waals surface area contributed by atoms with Crippen molar-refractivity contribution in [2.45, 2.75) is 38.8 Å². The Kier molecular flexibility index (Phi) is 4.43. The van der Waals surface area contributed by atoms with Crippen LogP contribution >= 0.6 is 0 Å². The molecular formula is C15H22N2O2. The van der Waals surface area contributed by atoms with Gasteiger partial charge in [0, 0.05) is 30.7 Å². The third-order valence-electron chi connectivity index (χ3n) is 3.84. The van der Waals surface area contributed by atoms with Crippen molar-refractivity contribution in [3.63, 3.8) is 0 Å². The van der Waals surface area contributed by atoms with Crippen LogP contribution in [-0.2, 0) is 0 Å². The van der Waals surface area contributed by atoms with E-state index in [-0.39, 0.29) is 17.7 Å². The van der Waals surface area contributed by atoms with E-state index in [2.05, 4.69) is 19.2 Å². The molecule has 104 valence electrons. The molecule has 1 saturated heterocycles. The molecule has 4 heteroatoms. The molecule has 1 heterocycles. The lowest BCUT2D eigenvalue weighted by Crippen LogP contribution is -2.57. The second-order valence-corrected chi connectivity index (χ2v) is 5.08. The Balaban J connectivity index is 2.16. The normalized spacial score (nSPS) is 23.4. The molecule has 19 heavy (non-hydrogen) atoms. The van der Waals surface area contributed by atoms with Gasteiger partial charge >= 0.3 is 0 Å². The van der Waals surface area contributed by atoms with Crippen LogP contribution in [-0.4, -0.2) is 41.1 Å². The number of amides is 1. The van der Waals surface area contributed by atoms with Crippen LogP contribution in [0.3, 0.4) is 0 Å². The van der Waals surface area contributed by atoms with Crippen molar-refractivity contribution in [1.29, 1.82) is 0 Å². The Hall–Kier alpha value is -1.55. The topological polar surface area (TPSA) is 52.6 Å². The van der Waals surface area contributed by atoms with Crippen molar-refractivity contribution < 1.29 is 9.90 Å². The maximum Gasteiger partial charge on any atom is 0.254 e. The van der Waals surface area contributed by atoms with Gasteiger partial charge in [-0.15, -0.1) is 0 Å². The van der Waals surface area contributed by atoms with Gasteiger partial charge in [-0.3, -0.25) is 4.79 Å². The van der Waals surface area contributed by atoms with Crippen LogP contribution < -0.4 is 5.32 Å². The van der Waals surface area contributed by atoms with E-state index in [1.165, 1.54) is 0 Å². The molecule has 1 amide bonds. The summed E-state index contributed by atoms with van der Waals surface area (Å²) in [6.45, 7) is 5.86. The predicted octanol–water partition coefficient (Wildman–Crippen LogP) is 1.99. The fraction of sp³-hybridized carbons (Fsp3) is 0.533. The number of carbonyl (C=O) groups is 1. The van der Waals surface area contributed by atoms with Gasteiger partial charge in [-0.25, -0.2) is 0 Å². The fourth-order valence-electron chi connectivity index (χ4n) is 2.52. The first kappa shape index (κ1) is 13.9. The number of nitrogens with one attached hydrogen (secondary N) is 1. The summed E-state index contributed by atoms with van der Waals surface area (Å²) in [4.78, 5) is 14.5. The Morgan fingerprint density at radius 3 is 2.58 bits per heavy atom. The third-order valence-corrected chi connectivity index (χ3v) is 3.84. The maximum absolute atomic E-state index is 12.6. The van der Waals surface area contributed by atoms with Crippen molar-refractivity contribution in [2.75, 3.05) is 13.1 Å². The highest BCUT2D eigenvalue weighted by Gasteiger charge is 2.29. The van der Waals surface area contributed by atoms with Gasteiger partial charge in [-0.05, 0) is 37.1 Å². The average Bonchev–Trinajstić information content (AvgIpc) is 2.46. The number of aromatic hydroxyl groups is 1. The monoisotopic (exact) mass is 262 g/mol. The minimum Gasteiger partial charge on any atom is -0.508 e. The number of benzene rings is 1. The second-order valence-electron chi connectivity index (χ2n) is 5.08. The van der Waals surface area contributed by atoms with E-state index < -0.39 is 0 Å². The van der Waals surface area contributed by atoms with Crippen molar-refractivity contribution in [3.05, 3.63) is 29.8 Å². The summed E-state index contributed by atoms with van der Waals surface area (Å²) in [6, 6.07) is 7.13. The van der Waals surface area contributed by atoms with E-state index in [9.17, 15) is 9.90 Å². The summed E-state index contributed by atoms with van der Waals surface area (Å²) in [5, 5.41) is 12.8. The first-order valence-electron chi connectivity index (χ1n) is 6.99. The number of piperazine rings is 1. The van der Waals surface area contributed by atoms with Gasteiger partial charge in [0.2, 0.25) is 0 Å². The minimum atomic E-state index is 0.0619.